The third-order valence-electron chi connectivity index (χ3n) is 3.10. The Balaban J connectivity index is 1.60. The van der Waals surface area contributed by atoms with Gasteiger partial charge in [-0.1, -0.05) is 18.2 Å². The van der Waals surface area contributed by atoms with Crippen LogP contribution in [0, 0.1) is 5.82 Å². The van der Waals surface area contributed by atoms with Gasteiger partial charge in [0.15, 0.2) is 6.61 Å². The van der Waals surface area contributed by atoms with E-state index >= 15 is 0 Å². The van der Waals surface area contributed by atoms with E-state index in [1.54, 1.807) is 42.5 Å². The number of esters is 1. The molecule has 2 amide bonds. The van der Waals surface area contributed by atoms with Crippen molar-refractivity contribution in [3.63, 3.8) is 0 Å². The number of carbonyl (C=O) groups excluding carboxylic acids is 3. The highest BCUT2D eigenvalue weighted by Crippen LogP contribution is 2.18. The average Bonchev–Trinajstić information content (AvgIpc) is 2.66. The van der Waals surface area contributed by atoms with Crippen LogP contribution in [0.15, 0.2) is 59.5 Å². The minimum atomic E-state index is -0.645. The third kappa shape index (κ3) is 6.94. The first-order valence-electron chi connectivity index (χ1n) is 7.73. The molecular formula is C18H17FN2O4S. The van der Waals surface area contributed by atoms with Gasteiger partial charge in [0.25, 0.3) is 11.8 Å². The van der Waals surface area contributed by atoms with Crippen LogP contribution >= 0.6 is 11.8 Å². The molecule has 0 aliphatic rings. The predicted octanol–water partition coefficient (Wildman–Crippen LogP) is 2.31. The molecule has 26 heavy (non-hydrogen) atoms. The zero-order valence-electron chi connectivity index (χ0n) is 13.7. The standard InChI is InChI=1S/C18H17FN2O4S/c19-14-6-8-15(9-7-14)26-11-10-17(23)25-12-16(22)20-21-18(24)13-4-2-1-3-5-13/h1-9H,10-12H2,(H,20,22)(H,21,24). The van der Waals surface area contributed by atoms with E-state index in [4.69, 9.17) is 4.74 Å². The van der Waals surface area contributed by atoms with Crippen LogP contribution in [0.25, 0.3) is 0 Å². The maximum atomic E-state index is 12.8. The van der Waals surface area contributed by atoms with E-state index in [0.29, 0.717) is 11.3 Å². The van der Waals surface area contributed by atoms with Gasteiger partial charge >= 0.3 is 5.97 Å². The van der Waals surface area contributed by atoms with E-state index in [0.717, 1.165) is 4.90 Å². The maximum Gasteiger partial charge on any atom is 0.307 e. The van der Waals surface area contributed by atoms with Crippen molar-refractivity contribution in [1.82, 2.24) is 10.9 Å². The monoisotopic (exact) mass is 376 g/mol. The Bertz CT molecular complexity index is 754. The number of thioether (sulfide) groups is 1. The highest BCUT2D eigenvalue weighted by molar-refractivity contribution is 7.99. The number of hydrogen-bond donors (Lipinski definition) is 2. The summed E-state index contributed by atoms with van der Waals surface area (Å²) in [5.41, 5.74) is 4.79. The molecule has 0 aliphatic carbocycles. The quantitative estimate of drug-likeness (QED) is 0.440. The zero-order valence-corrected chi connectivity index (χ0v) is 14.6. The van der Waals surface area contributed by atoms with Gasteiger partial charge in [0, 0.05) is 16.2 Å². The molecule has 2 aromatic rings. The number of ether oxygens (including phenoxy) is 1. The van der Waals surface area contributed by atoms with Crippen LogP contribution in [0.5, 0.6) is 0 Å². The molecule has 0 aromatic heterocycles. The summed E-state index contributed by atoms with van der Waals surface area (Å²) in [5.74, 6) is -1.53. The Labute approximate surface area is 154 Å². The topological polar surface area (TPSA) is 84.5 Å². The van der Waals surface area contributed by atoms with Crippen molar-refractivity contribution >= 4 is 29.5 Å². The lowest BCUT2D eigenvalue weighted by Crippen LogP contribution is -2.43. The SMILES string of the molecule is O=C(COC(=O)CCSc1ccc(F)cc1)NNC(=O)c1ccccc1. The molecule has 0 spiro atoms. The largest absolute Gasteiger partial charge is 0.455 e. The van der Waals surface area contributed by atoms with E-state index in [9.17, 15) is 18.8 Å². The summed E-state index contributed by atoms with van der Waals surface area (Å²) < 4.78 is 17.6. The van der Waals surface area contributed by atoms with Crippen molar-refractivity contribution in [2.24, 2.45) is 0 Å². The highest BCUT2D eigenvalue weighted by Gasteiger charge is 2.10. The van der Waals surface area contributed by atoms with Gasteiger partial charge in [-0.25, -0.2) is 4.39 Å². The summed E-state index contributed by atoms with van der Waals surface area (Å²) in [5, 5.41) is 0. The summed E-state index contributed by atoms with van der Waals surface area (Å²) in [6, 6.07) is 14.3. The molecule has 8 heteroatoms. The molecule has 2 aromatic carbocycles. The number of carbonyl (C=O) groups is 3. The van der Waals surface area contributed by atoms with E-state index in [1.165, 1.54) is 23.9 Å². The number of halogens is 1. The van der Waals surface area contributed by atoms with Crippen molar-refractivity contribution in [3.05, 3.63) is 66.0 Å². The molecule has 0 fully saturated rings. The molecule has 0 radical (unpaired) electrons. The smallest absolute Gasteiger partial charge is 0.307 e. The van der Waals surface area contributed by atoms with Gasteiger partial charge < -0.3 is 4.74 Å². The lowest BCUT2D eigenvalue weighted by molar-refractivity contribution is -0.148. The Morgan fingerprint density at radius 2 is 1.65 bits per heavy atom. The number of nitrogens with one attached hydrogen (secondary N) is 2. The summed E-state index contributed by atoms with van der Waals surface area (Å²) in [6.45, 7) is -0.491. The number of hydrogen-bond acceptors (Lipinski definition) is 5. The Morgan fingerprint density at radius 1 is 0.962 bits per heavy atom. The number of benzene rings is 2. The molecular weight excluding hydrogens is 359 g/mol. The molecule has 0 aliphatic heterocycles. The first kappa shape index (κ1) is 19.5. The van der Waals surface area contributed by atoms with Gasteiger partial charge in [0.2, 0.25) is 0 Å². The summed E-state index contributed by atoms with van der Waals surface area (Å²) in [6.07, 6.45) is 0.103. The third-order valence-corrected chi connectivity index (χ3v) is 4.12. The summed E-state index contributed by atoms with van der Waals surface area (Å²) in [7, 11) is 0. The average molecular weight is 376 g/mol. The van der Waals surface area contributed by atoms with Crippen LogP contribution in [0.1, 0.15) is 16.8 Å². The van der Waals surface area contributed by atoms with Crippen molar-refractivity contribution < 1.29 is 23.5 Å². The van der Waals surface area contributed by atoms with Gasteiger partial charge in [0.05, 0.1) is 6.42 Å². The van der Waals surface area contributed by atoms with Gasteiger partial charge in [0.1, 0.15) is 5.82 Å². The minimum absolute atomic E-state index is 0.103. The fraction of sp³-hybridized carbons (Fsp3) is 0.167. The molecule has 0 bridgehead atoms. The van der Waals surface area contributed by atoms with Crippen LogP contribution in [0.3, 0.4) is 0 Å². The van der Waals surface area contributed by atoms with Crippen molar-refractivity contribution in [3.8, 4) is 0 Å². The lowest BCUT2D eigenvalue weighted by Gasteiger charge is -2.08. The van der Waals surface area contributed by atoms with Crippen LogP contribution in [-0.2, 0) is 14.3 Å². The second-order valence-electron chi connectivity index (χ2n) is 5.08. The second-order valence-corrected chi connectivity index (χ2v) is 6.25. The molecule has 2 N–H and O–H groups in total. The number of rotatable bonds is 7. The Morgan fingerprint density at radius 3 is 2.35 bits per heavy atom. The van der Waals surface area contributed by atoms with E-state index < -0.39 is 24.4 Å². The maximum absolute atomic E-state index is 12.8. The van der Waals surface area contributed by atoms with Crippen LogP contribution < -0.4 is 10.9 Å². The van der Waals surface area contributed by atoms with Gasteiger partial charge in [-0.15, -0.1) is 11.8 Å². The molecule has 0 saturated heterocycles. The van der Waals surface area contributed by atoms with Gasteiger partial charge in [-0.2, -0.15) is 0 Å². The zero-order chi connectivity index (χ0) is 18.8. The lowest BCUT2D eigenvalue weighted by atomic mass is 10.2. The fourth-order valence-electron chi connectivity index (χ4n) is 1.83. The van der Waals surface area contributed by atoms with E-state index in [-0.39, 0.29) is 12.2 Å². The van der Waals surface area contributed by atoms with Crippen molar-refractivity contribution in [2.45, 2.75) is 11.3 Å². The van der Waals surface area contributed by atoms with E-state index in [1.807, 2.05) is 0 Å². The van der Waals surface area contributed by atoms with E-state index in [2.05, 4.69) is 10.9 Å². The van der Waals surface area contributed by atoms with Crippen LogP contribution in [-0.4, -0.2) is 30.1 Å². The normalized spacial score (nSPS) is 10.0. The Hall–Kier alpha value is -2.87. The fourth-order valence-corrected chi connectivity index (χ4v) is 2.66. The summed E-state index contributed by atoms with van der Waals surface area (Å²) >= 11 is 1.38. The van der Waals surface area contributed by atoms with Crippen molar-refractivity contribution in [2.75, 3.05) is 12.4 Å². The van der Waals surface area contributed by atoms with Crippen LogP contribution in [0.4, 0.5) is 4.39 Å². The van der Waals surface area contributed by atoms with Gasteiger partial charge in [-0.3, -0.25) is 25.2 Å². The first-order valence-corrected chi connectivity index (χ1v) is 8.71. The Kier molecular flexibility index (Phi) is 7.63. The molecule has 0 unspecified atom stereocenters. The van der Waals surface area contributed by atoms with Gasteiger partial charge in [-0.05, 0) is 36.4 Å². The minimum Gasteiger partial charge on any atom is -0.455 e. The number of amides is 2. The second kappa shape index (κ2) is 10.2. The molecule has 2 rings (SSSR count). The highest BCUT2D eigenvalue weighted by atomic mass is 32.2. The number of hydrazine groups is 1. The molecule has 0 atom stereocenters. The first-order chi connectivity index (χ1) is 12.5. The molecule has 136 valence electrons. The molecule has 0 saturated carbocycles. The van der Waals surface area contributed by atoms with Crippen LogP contribution in [0.2, 0.25) is 0 Å². The molecule has 6 nitrogen and oxygen atoms in total. The predicted molar refractivity (Wildman–Crippen MR) is 94.8 cm³/mol. The summed E-state index contributed by atoms with van der Waals surface area (Å²) in [4.78, 5) is 35.7. The molecule has 0 heterocycles. The van der Waals surface area contributed by atoms with Crippen molar-refractivity contribution in [1.29, 1.82) is 0 Å².